The Morgan fingerprint density at radius 2 is 0.569 bits per heavy atom. The molecule has 354 valence electrons. The number of aromatic nitrogens is 8. The third-order valence-corrected chi connectivity index (χ3v) is 15.2. The van der Waals surface area contributed by atoms with Gasteiger partial charge in [0.15, 0.2) is 23.3 Å². The van der Waals surface area contributed by atoms with Crippen LogP contribution >= 0.6 is 0 Å². The molecule has 11 aromatic rings. The van der Waals surface area contributed by atoms with E-state index in [-0.39, 0.29) is 21.7 Å². The highest BCUT2D eigenvalue weighted by Crippen LogP contribution is 2.45. The van der Waals surface area contributed by atoms with Crippen LogP contribution in [0.2, 0.25) is 0 Å². The first-order chi connectivity index (χ1) is 34.2. The van der Waals surface area contributed by atoms with Crippen LogP contribution in [0, 0.1) is 0 Å². The zero-order valence-corrected chi connectivity index (χ0v) is 43.2. The highest BCUT2D eigenvalue weighted by molar-refractivity contribution is 6.21. The zero-order chi connectivity index (χ0) is 50.0. The van der Waals surface area contributed by atoms with Crippen molar-refractivity contribution >= 4 is 87.2 Å². The number of hydrogen-bond acceptors (Lipinski definition) is 6. The monoisotopic (exact) mass is 938 g/mol. The molecule has 72 heavy (non-hydrogen) atoms. The molecule has 0 spiro atoms. The molecule has 2 aliphatic heterocycles. The average Bonchev–Trinajstić information content (AvgIpc) is 4.08. The van der Waals surface area contributed by atoms with Crippen LogP contribution in [-0.4, -0.2) is 39.9 Å². The molecule has 8 heteroatoms. The lowest BCUT2D eigenvalue weighted by Gasteiger charge is -2.20. The van der Waals surface area contributed by atoms with Crippen molar-refractivity contribution in [3.8, 4) is 45.6 Å². The number of benzene rings is 8. The molecule has 0 atom stereocenters. The van der Waals surface area contributed by atoms with Crippen LogP contribution in [0.25, 0.3) is 133 Å². The van der Waals surface area contributed by atoms with E-state index >= 15 is 0 Å². The average molecular weight is 939 g/mol. The first-order valence-corrected chi connectivity index (χ1v) is 25.3. The molecule has 0 saturated carbocycles. The van der Waals surface area contributed by atoms with Crippen molar-refractivity contribution in [2.75, 3.05) is 0 Å². The lowest BCUT2D eigenvalue weighted by molar-refractivity contribution is 0.591. The van der Waals surface area contributed by atoms with Gasteiger partial charge in [-0.25, -0.2) is 29.9 Å². The van der Waals surface area contributed by atoms with Crippen LogP contribution in [0.5, 0.6) is 0 Å². The molecule has 2 N–H and O–H groups in total. The Hall–Kier alpha value is -7.84. The standard InChI is InChI=1S/C64H58N8/c1-61(2,3)37-21-13-33-17-25-41-49(45(33)29-37)57-66-53(41)65-54-42-26-18-34-14-22-38(62(4,5)6)30-46(34)50(42)58(67-54)69-56-44-28-20-36-16-24-40(64(10,11)12)32-48(36)52(44)60(71-56)72-59-51-43(55(68-57)70-59)27-19-35-15-23-39(31-47(35)51)63(7,8)9/h13-32H,1-12H3,(H2,65,66,67,68,69,70,71,72). The summed E-state index contributed by atoms with van der Waals surface area (Å²) in [5.74, 6) is 2.34. The Morgan fingerprint density at radius 1 is 0.278 bits per heavy atom. The number of H-pyrrole nitrogens is 2. The summed E-state index contributed by atoms with van der Waals surface area (Å²) in [6.07, 6.45) is 0. The Labute approximate surface area is 419 Å². The molecular formula is C64H58N8. The van der Waals surface area contributed by atoms with Gasteiger partial charge in [0, 0.05) is 43.8 Å². The normalized spacial score (nSPS) is 13.3. The lowest BCUT2D eigenvalue weighted by atomic mass is 9.85. The van der Waals surface area contributed by atoms with Gasteiger partial charge in [-0.15, -0.1) is 0 Å². The van der Waals surface area contributed by atoms with Gasteiger partial charge in [-0.1, -0.05) is 156 Å². The fourth-order valence-electron chi connectivity index (χ4n) is 10.9. The van der Waals surface area contributed by atoms with Gasteiger partial charge in [-0.2, -0.15) is 0 Å². The minimum Gasteiger partial charge on any atom is -0.324 e. The van der Waals surface area contributed by atoms with E-state index in [0.717, 1.165) is 86.9 Å². The summed E-state index contributed by atoms with van der Waals surface area (Å²) in [6.45, 7) is 27.1. The van der Waals surface area contributed by atoms with Crippen molar-refractivity contribution in [2.24, 2.45) is 0 Å². The molecular weight excluding hydrogens is 881 g/mol. The van der Waals surface area contributed by atoms with Crippen LogP contribution in [0.15, 0.2) is 121 Å². The smallest absolute Gasteiger partial charge is 0.165 e. The number of rotatable bonds is 0. The largest absolute Gasteiger partial charge is 0.324 e. The van der Waals surface area contributed by atoms with E-state index < -0.39 is 0 Å². The van der Waals surface area contributed by atoms with E-state index in [1.807, 2.05) is 0 Å². The minimum absolute atomic E-state index is 0.0781. The summed E-state index contributed by atoms with van der Waals surface area (Å²) in [5, 5.41) is 12.7. The summed E-state index contributed by atoms with van der Waals surface area (Å²) in [5.41, 5.74) is 11.1. The Morgan fingerprint density at radius 3 is 0.944 bits per heavy atom. The minimum atomic E-state index is -0.0860. The molecule has 0 unspecified atom stereocenters. The maximum atomic E-state index is 5.68. The van der Waals surface area contributed by atoms with Gasteiger partial charge in [-0.3, -0.25) is 0 Å². The van der Waals surface area contributed by atoms with Crippen LogP contribution in [-0.2, 0) is 21.7 Å². The molecule has 8 bridgehead atoms. The fourth-order valence-corrected chi connectivity index (χ4v) is 10.9. The van der Waals surface area contributed by atoms with Crippen LogP contribution in [0.4, 0.5) is 0 Å². The van der Waals surface area contributed by atoms with Crippen LogP contribution < -0.4 is 0 Å². The van der Waals surface area contributed by atoms with Gasteiger partial charge in [0.05, 0.1) is 0 Å². The zero-order valence-electron chi connectivity index (χ0n) is 43.2. The van der Waals surface area contributed by atoms with Crippen molar-refractivity contribution in [2.45, 2.75) is 105 Å². The second kappa shape index (κ2) is 14.9. The van der Waals surface area contributed by atoms with E-state index in [1.54, 1.807) is 0 Å². The molecule has 13 rings (SSSR count). The van der Waals surface area contributed by atoms with Gasteiger partial charge < -0.3 is 9.97 Å². The predicted octanol–water partition coefficient (Wildman–Crippen LogP) is 16.7. The summed E-state index contributed by atoms with van der Waals surface area (Å²) >= 11 is 0. The molecule has 8 aromatic carbocycles. The third kappa shape index (κ3) is 6.86. The van der Waals surface area contributed by atoms with E-state index in [1.165, 1.54) is 22.3 Å². The number of aromatic amines is 2. The molecule has 5 heterocycles. The van der Waals surface area contributed by atoms with Crippen LogP contribution in [0.3, 0.4) is 0 Å². The second-order valence-electron chi connectivity index (χ2n) is 24.3. The van der Waals surface area contributed by atoms with E-state index in [2.05, 4.69) is 214 Å². The van der Waals surface area contributed by atoms with E-state index in [9.17, 15) is 0 Å². The summed E-state index contributed by atoms with van der Waals surface area (Å²) in [4.78, 5) is 40.9. The highest BCUT2D eigenvalue weighted by Gasteiger charge is 2.28. The Balaban J connectivity index is 1.26. The maximum absolute atomic E-state index is 5.68. The quantitative estimate of drug-likeness (QED) is 0.157. The van der Waals surface area contributed by atoms with Gasteiger partial charge in [0.2, 0.25) is 0 Å². The summed E-state index contributed by atoms with van der Waals surface area (Å²) in [7, 11) is 0. The van der Waals surface area contributed by atoms with Crippen molar-refractivity contribution in [3.05, 3.63) is 144 Å². The number of nitrogens with one attached hydrogen (secondary N) is 2. The molecule has 8 nitrogen and oxygen atoms in total. The van der Waals surface area contributed by atoms with Crippen LogP contribution in [0.1, 0.15) is 105 Å². The lowest BCUT2D eigenvalue weighted by Crippen LogP contribution is -2.10. The summed E-state index contributed by atoms with van der Waals surface area (Å²) in [6, 6.07) is 44.6. The van der Waals surface area contributed by atoms with Crippen molar-refractivity contribution in [1.82, 2.24) is 39.9 Å². The molecule has 0 fully saturated rings. The highest BCUT2D eigenvalue weighted by atomic mass is 15.1. The molecule has 3 aromatic heterocycles. The molecule has 0 amide bonds. The fraction of sp³-hybridized carbons (Fsp3) is 0.250. The number of fused-ring (bicyclic) bond motifs is 28. The Kier molecular flexibility index (Phi) is 9.11. The van der Waals surface area contributed by atoms with Gasteiger partial charge in [-0.05, 0) is 136 Å². The van der Waals surface area contributed by atoms with Gasteiger partial charge in [0.25, 0.3) is 0 Å². The molecule has 0 aliphatic carbocycles. The topological polar surface area (TPSA) is 109 Å². The first-order valence-electron chi connectivity index (χ1n) is 25.3. The number of nitrogens with zero attached hydrogens (tertiary/aromatic N) is 6. The van der Waals surface area contributed by atoms with Crippen molar-refractivity contribution in [1.29, 1.82) is 0 Å². The summed E-state index contributed by atoms with van der Waals surface area (Å²) < 4.78 is 0. The second-order valence-corrected chi connectivity index (χ2v) is 24.3. The van der Waals surface area contributed by atoms with Crippen molar-refractivity contribution in [3.63, 3.8) is 0 Å². The third-order valence-electron chi connectivity index (χ3n) is 15.2. The first kappa shape index (κ1) is 44.1. The van der Waals surface area contributed by atoms with E-state index in [0.29, 0.717) is 45.9 Å². The maximum Gasteiger partial charge on any atom is 0.165 e. The van der Waals surface area contributed by atoms with Gasteiger partial charge >= 0.3 is 0 Å². The SMILES string of the molecule is CC(C)(C)c1ccc2ccc3c(c2c1)-c1nc-3nc2[nH]c(nc3nc(nc4[nH]c(n1)c1ccc5ccc(C(C)(C)C)cc5c41)-c1c-3ccc3ccc(C(C)(C)C)cc13)c1c3cc(C(C)(C)C)ccc3ccc21. The molecule has 0 radical (unpaired) electrons. The van der Waals surface area contributed by atoms with Crippen molar-refractivity contribution < 1.29 is 0 Å². The Bertz CT molecular complexity index is 4370. The predicted molar refractivity (Wildman–Crippen MR) is 301 cm³/mol. The molecule has 2 aliphatic rings. The number of hydrogen-bond donors (Lipinski definition) is 2. The van der Waals surface area contributed by atoms with Gasteiger partial charge in [0.1, 0.15) is 22.6 Å². The van der Waals surface area contributed by atoms with E-state index in [4.69, 9.17) is 29.9 Å². The molecule has 0 saturated heterocycles.